The van der Waals surface area contributed by atoms with Crippen LogP contribution in [0.2, 0.25) is 5.02 Å². The van der Waals surface area contributed by atoms with E-state index in [-0.39, 0.29) is 5.91 Å². The van der Waals surface area contributed by atoms with Crippen molar-refractivity contribution in [3.63, 3.8) is 0 Å². The van der Waals surface area contributed by atoms with Crippen LogP contribution in [-0.4, -0.2) is 48.4 Å². The number of nitrogens with zero attached hydrogens (tertiary/aromatic N) is 3. The first-order chi connectivity index (χ1) is 13.0. The monoisotopic (exact) mass is 402 g/mol. The topological polar surface area (TPSA) is 59.4 Å². The first-order valence-corrected chi connectivity index (χ1v) is 10.1. The molecule has 5 nitrogen and oxygen atoms in total. The van der Waals surface area contributed by atoms with Gasteiger partial charge < -0.3 is 5.32 Å². The van der Waals surface area contributed by atoms with Gasteiger partial charge in [-0.15, -0.1) is 11.3 Å². The summed E-state index contributed by atoms with van der Waals surface area (Å²) in [6.45, 7) is 8.64. The van der Waals surface area contributed by atoms with Crippen LogP contribution >= 0.6 is 22.9 Å². The number of aryl methyl sites for hydroxylation is 1. The van der Waals surface area contributed by atoms with Crippen molar-refractivity contribution in [3.05, 3.63) is 50.9 Å². The van der Waals surface area contributed by atoms with Gasteiger partial charge in [0.15, 0.2) is 0 Å². The molecule has 3 rings (SSSR count). The van der Waals surface area contributed by atoms with Crippen molar-refractivity contribution in [1.29, 1.82) is 5.26 Å². The van der Waals surface area contributed by atoms with Crippen LogP contribution in [0.3, 0.4) is 0 Å². The van der Waals surface area contributed by atoms with Crippen LogP contribution in [0.25, 0.3) is 0 Å². The number of rotatable bonds is 5. The summed E-state index contributed by atoms with van der Waals surface area (Å²) in [5, 5.41) is 13.6. The van der Waals surface area contributed by atoms with Crippen molar-refractivity contribution in [2.24, 2.45) is 0 Å². The lowest BCUT2D eigenvalue weighted by atomic mass is 10.2. The fraction of sp³-hybridized carbons (Fsp3) is 0.400. The second kappa shape index (κ2) is 8.85. The van der Waals surface area contributed by atoms with Crippen molar-refractivity contribution < 1.29 is 4.79 Å². The fourth-order valence-corrected chi connectivity index (χ4v) is 4.46. The molecular weight excluding hydrogens is 380 g/mol. The van der Waals surface area contributed by atoms with Gasteiger partial charge in [0, 0.05) is 42.6 Å². The van der Waals surface area contributed by atoms with Gasteiger partial charge in [-0.05, 0) is 37.1 Å². The van der Waals surface area contributed by atoms with Gasteiger partial charge in [-0.2, -0.15) is 5.26 Å². The summed E-state index contributed by atoms with van der Waals surface area (Å²) in [5.74, 6) is -0.0592. The lowest BCUT2D eigenvalue weighted by molar-refractivity contribution is -0.117. The maximum Gasteiger partial charge on any atom is 0.239 e. The minimum atomic E-state index is -0.0592. The standard InChI is InChI=1S/C20H23ClN4OS/c1-14-15(2)27-20(18(14)11-22)23-19(26)13-25-8-6-24(7-9-25)12-16-4-3-5-17(21)10-16/h3-5,10H,6-9,12-13H2,1-2H3,(H,23,26). The van der Waals surface area contributed by atoms with E-state index in [4.69, 9.17) is 11.6 Å². The molecule has 0 aliphatic carbocycles. The van der Waals surface area contributed by atoms with E-state index in [1.54, 1.807) is 0 Å². The van der Waals surface area contributed by atoms with E-state index in [9.17, 15) is 10.1 Å². The summed E-state index contributed by atoms with van der Waals surface area (Å²) in [6, 6.07) is 10.1. The van der Waals surface area contributed by atoms with Crippen LogP contribution < -0.4 is 5.32 Å². The Morgan fingerprint density at radius 1 is 1.26 bits per heavy atom. The summed E-state index contributed by atoms with van der Waals surface area (Å²) < 4.78 is 0. The third-order valence-corrected chi connectivity index (χ3v) is 6.24. The largest absolute Gasteiger partial charge is 0.315 e. The number of nitriles is 1. The molecule has 7 heteroatoms. The number of nitrogens with one attached hydrogen (secondary N) is 1. The maximum atomic E-state index is 12.4. The van der Waals surface area contributed by atoms with Crippen molar-refractivity contribution in [2.75, 3.05) is 38.0 Å². The molecule has 1 amide bonds. The Morgan fingerprint density at radius 3 is 2.63 bits per heavy atom. The number of amides is 1. The van der Waals surface area contributed by atoms with E-state index in [2.05, 4.69) is 27.3 Å². The lowest BCUT2D eigenvalue weighted by Crippen LogP contribution is -2.48. The number of benzene rings is 1. The lowest BCUT2D eigenvalue weighted by Gasteiger charge is -2.34. The molecular formula is C20H23ClN4OS. The Kier molecular flexibility index (Phi) is 6.51. The number of anilines is 1. The molecule has 1 aromatic carbocycles. The zero-order chi connectivity index (χ0) is 19.4. The predicted octanol–water partition coefficient (Wildman–Crippen LogP) is 3.65. The molecule has 2 heterocycles. The number of halogens is 1. The highest BCUT2D eigenvalue weighted by molar-refractivity contribution is 7.16. The van der Waals surface area contributed by atoms with Crippen molar-refractivity contribution in [1.82, 2.24) is 9.80 Å². The van der Waals surface area contributed by atoms with Crippen LogP contribution in [0, 0.1) is 25.2 Å². The Hall–Kier alpha value is -1.91. The molecule has 0 bridgehead atoms. The van der Waals surface area contributed by atoms with Crippen LogP contribution in [-0.2, 0) is 11.3 Å². The highest BCUT2D eigenvalue weighted by Gasteiger charge is 2.20. The van der Waals surface area contributed by atoms with Gasteiger partial charge in [0.25, 0.3) is 0 Å². The predicted molar refractivity (Wildman–Crippen MR) is 110 cm³/mol. The normalized spacial score (nSPS) is 15.5. The molecule has 142 valence electrons. The Labute approximate surface area is 169 Å². The minimum absolute atomic E-state index is 0.0592. The zero-order valence-corrected chi connectivity index (χ0v) is 17.2. The molecule has 1 aliphatic heterocycles. The first-order valence-electron chi connectivity index (χ1n) is 8.95. The zero-order valence-electron chi connectivity index (χ0n) is 15.6. The molecule has 2 aromatic rings. The van der Waals surface area contributed by atoms with Gasteiger partial charge in [0.2, 0.25) is 5.91 Å². The van der Waals surface area contributed by atoms with Gasteiger partial charge in [0.1, 0.15) is 11.1 Å². The summed E-state index contributed by atoms with van der Waals surface area (Å²) in [7, 11) is 0. The third kappa shape index (κ3) is 5.08. The molecule has 1 saturated heterocycles. The number of thiophene rings is 1. The highest BCUT2D eigenvalue weighted by Crippen LogP contribution is 2.31. The van der Waals surface area contributed by atoms with Gasteiger partial charge in [-0.25, -0.2) is 0 Å². The van der Waals surface area contributed by atoms with Gasteiger partial charge in [-0.1, -0.05) is 23.7 Å². The van der Waals surface area contributed by atoms with Gasteiger partial charge in [-0.3, -0.25) is 14.6 Å². The number of carbonyl (C=O) groups excluding carboxylic acids is 1. The first kappa shape index (κ1) is 19.8. The summed E-state index contributed by atoms with van der Waals surface area (Å²) in [4.78, 5) is 18.0. The second-order valence-electron chi connectivity index (χ2n) is 6.83. The van der Waals surface area contributed by atoms with E-state index < -0.39 is 0 Å². The number of piperazine rings is 1. The average molecular weight is 403 g/mol. The number of hydrogen-bond donors (Lipinski definition) is 1. The summed E-state index contributed by atoms with van der Waals surface area (Å²) in [6.07, 6.45) is 0. The van der Waals surface area contributed by atoms with Crippen LogP contribution in [0.1, 0.15) is 21.6 Å². The molecule has 0 spiro atoms. The molecule has 1 aromatic heterocycles. The van der Waals surface area contributed by atoms with Crippen LogP contribution in [0.4, 0.5) is 5.00 Å². The van der Waals surface area contributed by atoms with Gasteiger partial charge >= 0.3 is 0 Å². The SMILES string of the molecule is Cc1sc(NC(=O)CN2CCN(Cc3cccc(Cl)c3)CC2)c(C#N)c1C. The van der Waals surface area contributed by atoms with Crippen molar-refractivity contribution >= 4 is 33.8 Å². The smallest absolute Gasteiger partial charge is 0.239 e. The second-order valence-corrected chi connectivity index (χ2v) is 8.49. The molecule has 0 atom stereocenters. The quantitative estimate of drug-likeness (QED) is 0.829. The van der Waals surface area contributed by atoms with E-state index in [0.717, 1.165) is 48.2 Å². The molecule has 27 heavy (non-hydrogen) atoms. The van der Waals surface area contributed by atoms with E-state index in [0.29, 0.717) is 17.1 Å². The Morgan fingerprint density at radius 2 is 1.96 bits per heavy atom. The third-order valence-electron chi connectivity index (χ3n) is 4.88. The highest BCUT2D eigenvalue weighted by atomic mass is 35.5. The fourth-order valence-electron chi connectivity index (χ4n) is 3.22. The Bertz CT molecular complexity index is 865. The number of carbonyl (C=O) groups is 1. The minimum Gasteiger partial charge on any atom is -0.315 e. The number of hydrogen-bond acceptors (Lipinski definition) is 5. The molecule has 0 unspecified atom stereocenters. The molecule has 0 radical (unpaired) electrons. The molecule has 0 saturated carbocycles. The van der Waals surface area contributed by atoms with Crippen LogP contribution in [0.5, 0.6) is 0 Å². The summed E-state index contributed by atoms with van der Waals surface area (Å²) >= 11 is 7.52. The van der Waals surface area contributed by atoms with Crippen molar-refractivity contribution in [2.45, 2.75) is 20.4 Å². The van der Waals surface area contributed by atoms with Gasteiger partial charge in [0.05, 0.1) is 12.1 Å². The van der Waals surface area contributed by atoms with Crippen LogP contribution in [0.15, 0.2) is 24.3 Å². The molecule has 1 N–H and O–H groups in total. The summed E-state index contributed by atoms with van der Waals surface area (Å²) in [5.41, 5.74) is 2.74. The molecule has 1 fully saturated rings. The van der Waals surface area contributed by atoms with Crippen molar-refractivity contribution in [3.8, 4) is 6.07 Å². The van der Waals surface area contributed by atoms with E-state index in [1.807, 2.05) is 32.0 Å². The van der Waals surface area contributed by atoms with E-state index in [1.165, 1.54) is 16.9 Å². The molecule has 1 aliphatic rings. The van der Waals surface area contributed by atoms with E-state index >= 15 is 0 Å². The average Bonchev–Trinajstić information content (AvgIpc) is 2.89. The maximum absolute atomic E-state index is 12.4. The Balaban J connectivity index is 1.48.